The van der Waals surface area contributed by atoms with Crippen LogP contribution in [0.25, 0.3) is 11.1 Å². The summed E-state index contributed by atoms with van der Waals surface area (Å²) in [5.74, 6) is 0.330. The number of benzene rings is 1. The first kappa shape index (κ1) is 27.2. The van der Waals surface area contributed by atoms with E-state index in [9.17, 15) is 27.9 Å². The number of alkyl halides is 3. The number of likely N-dealkylation sites (tertiary alicyclic amines) is 1. The lowest BCUT2D eigenvalue weighted by molar-refractivity contribution is -0.143. The quantitative estimate of drug-likeness (QED) is 0.591. The van der Waals surface area contributed by atoms with E-state index in [1.165, 1.54) is 9.80 Å². The molecule has 2 atom stereocenters. The van der Waals surface area contributed by atoms with Crippen molar-refractivity contribution in [3.63, 3.8) is 0 Å². The van der Waals surface area contributed by atoms with Crippen molar-refractivity contribution in [2.45, 2.75) is 38.5 Å². The molecule has 0 bridgehead atoms. The van der Waals surface area contributed by atoms with E-state index in [1.54, 1.807) is 12.1 Å². The molecule has 4 heterocycles. The monoisotopic (exact) mass is 547 g/mol. The molecule has 0 spiro atoms. The van der Waals surface area contributed by atoms with Crippen molar-refractivity contribution >= 4 is 29.3 Å². The van der Waals surface area contributed by atoms with Gasteiger partial charge in [-0.3, -0.25) is 9.69 Å². The first-order valence-electron chi connectivity index (χ1n) is 13.1. The summed E-state index contributed by atoms with van der Waals surface area (Å²) in [5, 5.41) is 12.9. The maximum atomic E-state index is 12.9. The summed E-state index contributed by atoms with van der Waals surface area (Å²) in [5.41, 5.74) is 3.04. The van der Waals surface area contributed by atoms with Gasteiger partial charge in [0.25, 0.3) is 0 Å². The van der Waals surface area contributed by atoms with E-state index < -0.39 is 30.7 Å². The average Bonchev–Trinajstić information content (AvgIpc) is 3.49. The number of aliphatic hydroxyl groups is 1. The predicted octanol–water partition coefficient (Wildman–Crippen LogP) is 3.80. The molecule has 210 valence electrons. The zero-order valence-corrected chi connectivity index (χ0v) is 21.7. The molecular formula is C27H32F3N5O4. The predicted molar refractivity (Wildman–Crippen MR) is 140 cm³/mol. The number of hydrogen-bond acceptors (Lipinski definition) is 6. The number of carbonyl (C=O) groups excluding carboxylic acids is 2. The van der Waals surface area contributed by atoms with Gasteiger partial charge in [-0.1, -0.05) is 6.07 Å². The molecule has 2 N–H and O–H groups in total. The van der Waals surface area contributed by atoms with Crippen molar-refractivity contribution in [3.05, 3.63) is 35.9 Å². The lowest BCUT2D eigenvalue weighted by atomic mass is 10.00. The van der Waals surface area contributed by atoms with Crippen molar-refractivity contribution in [2.75, 3.05) is 61.1 Å². The molecule has 0 saturated carbocycles. The minimum Gasteiger partial charge on any atom is -0.391 e. The summed E-state index contributed by atoms with van der Waals surface area (Å²) in [7, 11) is 0. The number of hydrogen-bond donors (Lipinski definition) is 2. The Morgan fingerprint density at radius 3 is 2.56 bits per heavy atom. The Morgan fingerprint density at radius 2 is 1.87 bits per heavy atom. The number of aromatic nitrogens is 1. The van der Waals surface area contributed by atoms with Gasteiger partial charge in [-0.2, -0.15) is 13.2 Å². The van der Waals surface area contributed by atoms with Crippen molar-refractivity contribution in [3.8, 4) is 11.1 Å². The number of amides is 3. The number of aliphatic hydroxyl groups excluding tert-OH is 1. The first-order valence-corrected chi connectivity index (χ1v) is 13.1. The van der Waals surface area contributed by atoms with E-state index in [0.29, 0.717) is 50.0 Å². The SMILES string of the molecule is Cc1ccc(NC(=O)N2CC[C@@H](CC(F)(F)F)C2)cc1-c1cc(N2CCOCC2)nc(N2C[C@H](O)CC2=O)c1. The molecule has 3 aliphatic heterocycles. The number of anilines is 3. The highest BCUT2D eigenvalue weighted by molar-refractivity contribution is 5.96. The summed E-state index contributed by atoms with van der Waals surface area (Å²) >= 11 is 0. The fourth-order valence-electron chi connectivity index (χ4n) is 5.38. The highest BCUT2D eigenvalue weighted by atomic mass is 19.4. The summed E-state index contributed by atoms with van der Waals surface area (Å²) in [6, 6.07) is 8.74. The first-order chi connectivity index (χ1) is 18.6. The second-order valence-corrected chi connectivity index (χ2v) is 10.4. The normalized spacial score (nSPS) is 22.1. The third kappa shape index (κ3) is 6.44. The molecule has 5 rings (SSSR count). The van der Waals surface area contributed by atoms with Gasteiger partial charge < -0.3 is 25.0 Å². The van der Waals surface area contributed by atoms with Crippen LogP contribution in [-0.4, -0.2) is 85.1 Å². The van der Waals surface area contributed by atoms with Crippen LogP contribution >= 0.6 is 0 Å². The van der Waals surface area contributed by atoms with Crippen LogP contribution in [0, 0.1) is 12.8 Å². The number of nitrogens with zero attached hydrogens (tertiary/aromatic N) is 4. The van der Waals surface area contributed by atoms with Crippen molar-refractivity contribution in [1.82, 2.24) is 9.88 Å². The lowest BCUT2D eigenvalue weighted by Crippen LogP contribution is -2.37. The third-order valence-corrected chi connectivity index (χ3v) is 7.41. The Labute approximate surface area is 224 Å². The molecule has 39 heavy (non-hydrogen) atoms. The minimum absolute atomic E-state index is 0.0413. The summed E-state index contributed by atoms with van der Waals surface area (Å²) in [6.07, 6.45) is -5.53. The van der Waals surface area contributed by atoms with Crippen LogP contribution in [0.15, 0.2) is 30.3 Å². The van der Waals surface area contributed by atoms with Gasteiger partial charge in [0.05, 0.1) is 32.3 Å². The summed E-state index contributed by atoms with van der Waals surface area (Å²) in [4.78, 5) is 35.2. The van der Waals surface area contributed by atoms with Crippen LogP contribution in [0.5, 0.6) is 0 Å². The standard InChI is InChI=1S/C27H32F3N5O4/c1-17-2-3-20(31-26(38)34-5-4-18(15-34)14-27(28,29)30)12-22(17)19-10-23(33-6-8-39-9-7-33)32-24(11-19)35-16-21(36)13-25(35)37/h2-3,10-12,18,21,36H,4-9,13-16H2,1H3,(H,31,38)/t18-,21+/m0/s1. The van der Waals surface area contributed by atoms with E-state index in [2.05, 4.69) is 10.2 Å². The summed E-state index contributed by atoms with van der Waals surface area (Å²) in [6.45, 7) is 4.85. The Morgan fingerprint density at radius 1 is 1.13 bits per heavy atom. The number of rotatable bonds is 5. The number of morpholine rings is 1. The Kier molecular flexibility index (Phi) is 7.68. The highest BCUT2D eigenvalue weighted by Gasteiger charge is 2.36. The van der Waals surface area contributed by atoms with Gasteiger partial charge in [0.1, 0.15) is 11.6 Å². The number of ether oxygens (including phenoxy) is 1. The number of urea groups is 1. The van der Waals surface area contributed by atoms with Crippen LogP contribution in [0.2, 0.25) is 0 Å². The number of aryl methyl sites for hydroxylation is 1. The largest absolute Gasteiger partial charge is 0.391 e. The van der Waals surface area contributed by atoms with E-state index in [-0.39, 0.29) is 32.0 Å². The average molecular weight is 548 g/mol. The van der Waals surface area contributed by atoms with E-state index in [4.69, 9.17) is 9.72 Å². The maximum absolute atomic E-state index is 12.9. The molecule has 2 aromatic rings. The van der Waals surface area contributed by atoms with Gasteiger partial charge >= 0.3 is 12.2 Å². The van der Waals surface area contributed by atoms with E-state index >= 15 is 0 Å². The smallest absolute Gasteiger partial charge is 0.389 e. The fourth-order valence-corrected chi connectivity index (χ4v) is 5.38. The second kappa shape index (κ2) is 11.0. The Balaban J connectivity index is 1.40. The van der Waals surface area contributed by atoms with Crippen LogP contribution in [-0.2, 0) is 9.53 Å². The topological polar surface area (TPSA) is 98.2 Å². The highest BCUT2D eigenvalue weighted by Crippen LogP contribution is 2.34. The Bertz CT molecular complexity index is 1230. The van der Waals surface area contributed by atoms with Crippen molar-refractivity contribution < 1.29 is 32.6 Å². The van der Waals surface area contributed by atoms with Crippen LogP contribution in [0.1, 0.15) is 24.8 Å². The molecule has 1 aromatic carbocycles. The third-order valence-electron chi connectivity index (χ3n) is 7.41. The van der Waals surface area contributed by atoms with Crippen molar-refractivity contribution in [2.24, 2.45) is 5.92 Å². The molecular weight excluding hydrogens is 515 g/mol. The number of pyridine rings is 1. The van der Waals surface area contributed by atoms with Gasteiger partial charge in [-0.15, -0.1) is 0 Å². The van der Waals surface area contributed by atoms with Crippen LogP contribution < -0.4 is 15.1 Å². The van der Waals surface area contributed by atoms with E-state index in [0.717, 1.165) is 16.7 Å². The maximum Gasteiger partial charge on any atom is 0.389 e. The number of nitrogens with one attached hydrogen (secondary N) is 1. The molecule has 3 saturated heterocycles. The zero-order chi connectivity index (χ0) is 27.7. The van der Waals surface area contributed by atoms with Gasteiger partial charge in [0.2, 0.25) is 5.91 Å². The summed E-state index contributed by atoms with van der Waals surface area (Å²) < 4.78 is 43.8. The zero-order valence-electron chi connectivity index (χ0n) is 21.7. The number of carbonyl (C=O) groups is 2. The molecule has 3 fully saturated rings. The number of β-amino-alcohol motifs (C(OH)–C–C–N with tert-alkyl or cyclic N) is 1. The molecule has 0 radical (unpaired) electrons. The lowest BCUT2D eigenvalue weighted by Gasteiger charge is -2.29. The van der Waals surface area contributed by atoms with Gasteiger partial charge in [0.15, 0.2) is 0 Å². The fraction of sp³-hybridized carbons (Fsp3) is 0.519. The minimum atomic E-state index is -4.25. The van der Waals surface area contributed by atoms with Crippen LogP contribution in [0.4, 0.5) is 35.3 Å². The van der Waals surface area contributed by atoms with E-state index in [1.807, 2.05) is 25.1 Å². The molecule has 9 nitrogen and oxygen atoms in total. The van der Waals surface area contributed by atoms with Gasteiger partial charge in [-0.25, -0.2) is 9.78 Å². The second-order valence-electron chi connectivity index (χ2n) is 10.4. The molecule has 1 aromatic heterocycles. The Hall–Kier alpha value is -3.38. The van der Waals surface area contributed by atoms with Crippen LogP contribution in [0.3, 0.4) is 0 Å². The molecule has 12 heteroatoms. The molecule has 3 amide bonds. The van der Waals surface area contributed by atoms with Gasteiger partial charge in [0, 0.05) is 38.3 Å². The molecule has 3 aliphatic rings. The number of halogens is 3. The molecule has 0 unspecified atom stereocenters. The van der Waals surface area contributed by atoms with Crippen molar-refractivity contribution in [1.29, 1.82) is 0 Å². The van der Waals surface area contributed by atoms with Gasteiger partial charge in [-0.05, 0) is 60.2 Å². The molecule has 0 aliphatic carbocycles.